The summed E-state index contributed by atoms with van der Waals surface area (Å²) in [6.45, 7) is 3.74. The number of methoxy groups -OCH3 is 1. The summed E-state index contributed by atoms with van der Waals surface area (Å²) in [7, 11) is 1.43. The van der Waals surface area contributed by atoms with E-state index in [-0.39, 0.29) is 35.0 Å². The van der Waals surface area contributed by atoms with Gasteiger partial charge >= 0.3 is 5.97 Å². The van der Waals surface area contributed by atoms with Gasteiger partial charge in [-0.25, -0.2) is 4.39 Å². The second kappa shape index (κ2) is 8.81. The molecule has 2 aromatic rings. The number of aliphatic carboxylic acids is 1. The van der Waals surface area contributed by atoms with E-state index in [1.54, 1.807) is 6.07 Å². The van der Waals surface area contributed by atoms with Gasteiger partial charge in [-0.15, -0.1) is 11.3 Å². The Hall–Kier alpha value is -1.67. The second-order valence-electron chi connectivity index (χ2n) is 6.18. The molecule has 2 rings (SSSR count). The molecular weight excluding hydrogens is 427 g/mol. The molecule has 0 radical (unpaired) electrons. The molecule has 0 saturated heterocycles. The van der Waals surface area contributed by atoms with Crippen LogP contribution in [0.4, 0.5) is 4.39 Å². The molecule has 0 aliphatic carbocycles. The molecule has 1 unspecified atom stereocenters. The molecule has 142 valence electrons. The number of ether oxygens (including phenoxy) is 2. The summed E-state index contributed by atoms with van der Waals surface area (Å²) in [6.07, 6.45) is -0.132. The number of halogens is 2. The fraction of sp³-hybridized carbons (Fsp3) is 0.444. The quantitative estimate of drug-likeness (QED) is 0.444. The molecule has 0 fully saturated rings. The lowest BCUT2D eigenvalue weighted by Crippen LogP contribution is -2.14. The molecule has 2 atom stereocenters. The van der Waals surface area contributed by atoms with Crippen molar-refractivity contribution in [2.75, 3.05) is 19.0 Å². The topological polar surface area (TPSA) is 72.8 Å². The molecule has 0 bridgehead atoms. The monoisotopic (exact) mass is 446 g/mol. The van der Waals surface area contributed by atoms with E-state index >= 15 is 0 Å². The largest absolute Gasteiger partial charge is 0.493 e. The third-order valence-electron chi connectivity index (χ3n) is 3.87. The van der Waals surface area contributed by atoms with E-state index in [2.05, 4.69) is 15.9 Å². The molecule has 26 heavy (non-hydrogen) atoms. The van der Waals surface area contributed by atoms with Crippen LogP contribution in [0.1, 0.15) is 29.9 Å². The fourth-order valence-corrected chi connectivity index (χ4v) is 3.48. The van der Waals surface area contributed by atoms with Crippen LogP contribution in [0, 0.1) is 17.7 Å². The molecule has 0 spiro atoms. The fourth-order valence-electron chi connectivity index (χ4n) is 2.26. The van der Waals surface area contributed by atoms with Crippen molar-refractivity contribution >= 4 is 49.1 Å². The van der Waals surface area contributed by atoms with Crippen LogP contribution in [-0.4, -0.2) is 35.9 Å². The Morgan fingerprint density at radius 1 is 1.35 bits per heavy atom. The molecule has 1 aromatic heterocycles. The molecule has 1 N–H and O–H groups in total. The lowest BCUT2D eigenvalue weighted by atomic mass is 10.0. The summed E-state index contributed by atoms with van der Waals surface area (Å²) >= 11 is 4.46. The Morgan fingerprint density at radius 3 is 2.62 bits per heavy atom. The van der Waals surface area contributed by atoms with Gasteiger partial charge in [0.1, 0.15) is 0 Å². The van der Waals surface area contributed by atoms with Gasteiger partial charge in [-0.1, -0.05) is 29.8 Å². The average Bonchev–Trinajstić information content (AvgIpc) is 3.04. The Bertz CT molecular complexity index is 820. The number of Topliss-reactive ketones (excluding diaryl/α,β-unsaturated/α-hetero) is 1. The minimum Gasteiger partial charge on any atom is -0.493 e. The predicted octanol–water partition coefficient (Wildman–Crippen LogP) is 4.75. The molecule has 8 heteroatoms. The number of benzene rings is 1. The zero-order chi connectivity index (χ0) is 19.4. The number of thiophene rings is 1. The van der Waals surface area contributed by atoms with Crippen molar-refractivity contribution in [3.63, 3.8) is 0 Å². The number of hydrogen-bond acceptors (Lipinski definition) is 5. The van der Waals surface area contributed by atoms with Crippen molar-refractivity contribution in [2.45, 2.75) is 20.3 Å². The lowest BCUT2D eigenvalue weighted by Gasteiger charge is -2.14. The van der Waals surface area contributed by atoms with E-state index in [0.717, 1.165) is 16.7 Å². The smallest absolute Gasteiger partial charge is 0.306 e. The molecule has 0 amide bonds. The summed E-state index contributed by atoms with van der Waals surface area (Å²) in [5.41, 5.74) is 0. The highest BCUT2D eigenvalue weighted by molar-refractivity contribution is 9.09. The molecule has 0 aliphatic heterocycles. The standard InChI is InChI=1S/C18H20BrFO5S/c1-9(7-19)8-25-17-13(24-3)6-14-11(16(17)20)5-15(26-14)12(21)4-10(2)18(22)23/h5-6,9-10H,4,7-8H2,1-3H3,(H,22,23)/t9?,10-/m0/s1. The van der Waals surface area contributed by atoms with Gasteiger partial charge in [0.05, 0.1) is 24.5 Å². The maximum Gasteiger partial charge on any atom is 0.306 e. The van der Waals surface area contributed by atoms with Crippen LogP contribution < -0.4 is 9.47 Å². The van der Waals surface area contributed by atoms with Crippen molar-refractivity contribution in [3.05, 3.63) is 22.8 Å². The maximum absolute atomic E-state index is 14.9. The highest BCUT2D eigenvalue weighted by atomic mass is 79.9. The van der Waals surface area contributed by atoms with E-state index in [1.807, 2.05) is 6.92 Å². The summed E-state index contributed by atoms with van der Waals surface area (Å²) in [4.78, 5) is 23.5. The zero-order valence-electron chi connectivity index (χ0n) is 14.7. The van der Waals surface area contributed by atoms with Crippen LogP contribution in [0.15, 0.2) is 12.1 Å². The van der Waals surface area contributed by atoms with Crippen LogP contribution in [0.2, 0.25) is 0 Å². The van der Waals surface area contributed by atoms with Gasteiger partial charge in [-0.05, 0) is 12.0 Å². The maximum atomic E-state index is 14.9. The SMILES string of the molecule is COc1cc2sc(C(=O)C[C@H](C)C(=O)O)cc2c(F)c1OCC(C)CBr. The number of rotatable bonds is 9. The van der Waals surface area contributed by atoms with E-state index in [9.17, 15) is 14.0 Å². The van der Waals surface area contributed by atoms with E-state index in [4.69, 9.17) is 14.6 Å². The molecule has 1 aromatic carbocycles. The van der Waals surface area contributed by atoms with Gasteiger partial charge in [0.15, 0.2) is 23.1 Å². The van der Waals surface area contributed by atoms with Crippen LogP contribution in [0.5, 0.6) is 11.5 Å². The Labute approximate surface area is 163 Å². The van der Waals surface area contributed by atoms with E-state index < -0.39 is 17.7 Å². The Morgan fingerprint density at radius 2 is 2.04 bits per heavy atom. The van der Waals surface area contributed by atoms with E-state index in [0.29, 0.717) is 16.2 Å². The first-order valence-corrected chi connectivity index (χ1v) is 9.97. The Balaban J connectivity index is 2.37. The van der Waals surface area contributed by atoms with Gasteiger partial charge in [0.2, 0.25) is 0 Å². The van der Waals surface area contributed by atoms with Gasteiger partial charge in [0, 0.05) is 27.9 Å². The van der Waals surface area contributed by atoms with Crippen molar-refractivity contribution in [1.29, 1.82) is 0 Å². The molecule has 1 heterocycles. The highest BCUT2D eigenvalue weighted by Crippen LogP contribution is 2.40. The lowest BCUT2D eigenvalue weighted by molar-refractivity contribution is -0.141. The molecular formula is C18H20BrFO5S. The minimum absolute atomic E-state index is 0.0171. The second-order valence-corrected chi connectivity index (χ2v) is 7.91. The first kappa shape index (κ1) is 20.6. The average molecular weight is 447 g/mol. The van der Waals surface area contributed by atoms with Crippen molar-refractivity contribution < 1.29 is 28.6 Å². The number of hydrogen-bond donors (Lipinski definition) is 1. The normalized spacial score (nSPS) is 13.4. The molecule has 0 aliphatic rings. The molecule has 5 nitrogen and oxygen atoms in total. The third-order valence-corrected chi connectivity index (χ3v) is 6.09. The third kappa shape index (κ3) is 4.54. The van der Waals surface area contributed by atoms with Crippen molar-refractivity contribution in [1.82, 2.24) is 0 Å². The van der Waals surface area contributed by atoms with Gasteiger partial charge in [-0.3, -0.25) is 9.59 Å². The number of carboxylic acids is 1. The number of fused-ring (bicyclic) bond motifs is 1. The van der Waals surface area contributed by atoms with Gasteiger partial charge in [0.25, 0.3) is 0 Å². The summed E-state index contributed by atoms with van der Waals surface area (Å²) in [6, 6.07) is 3.08. The summed E-state index contributed by atoms with van der Waals surface area (Å²) in [5, 5.41) is 9.93. The Kier molecular flexibility index (Phi) is 7.00. The minimum atomic E-state index is -1.04. The first-order chi connectivity index (χ1) is 12.3. The number of carboxylic acid groups (broad SMARTS) is 1. The first-order valence-electron chi connectivity index (χ1n) is 8.03. The number of carbonyl (C=O) groups excluding carboxylic acids is 1. The highest BCUT2D eigenvalue weighted by Gasteiger charge is 2.23. The van der Waals surface area contributed by atoms with E-state index in [1.165, 1.54) is 20.1 Å². The van der Waals surface area contributed by atoms with Gasteiger partial charge < -0.3 is 14.6 Å². The zero-order valence-corrected chi connectivity index (χ0v) is 17.1. The number of alkyl halides is 1. The number of carbonyl (C=O) groups is 2. The van der Waals surface area contributed by atoms with Crippen LogP contribution in [0.25, 0.3) is 10.1 Å². The number of ketones is 1. The van der Waals surface area contributed by atoms with Crippen LogP contribution in [0.3, 0.4) is 0 Å². The summed E-state index contributed by atoms with van der Waals surface area (Å²) < 4.78 is 26.3. The predicted molar refractivity (Wildman–Crippen MR) is 103 cm³/mol. The summed E-state index contributed by atoms with van der Waals surface area (Å²) in [5.74, 6) is -2.27. The van der Waals surface area contributed by atoms with Crippen molar-refractivity contribution in [2.24, 2.45) is 11.8 Å². The van der Waals surface area contributed by atoms with Gasteiger partial charge in [-0.2, -0.15) is 0 Å². The van der Waals surface area contributed by atoms with Crippen LogP contribution in [-0.2, 0) is 4.79 Å². The van der Waals surface area contributed by atoms with Crippen LogP contribution >= 0.6 is 27.3 Å². The molecule has 0 saturated carbocycles. The van der Waals surface area contributed by atoms with Crippen molar-refractivity contribution in [3.8, 4) is 11.5 Å².